The monoisotopic (exact) mass is 420 g/mol. The molecule has 0 spiro atoms. The Morgan fingerprint density at radius 1 is 1.20 bits per heavy atom. The lowest BCUT2D eigenvalue weighted by molar-refractivity contribution is -0.137. The molecule has 0 radical (unpaired) electrons. The Hall–Kier alpha value is -3.12. The lowest BCUT2D eigenvalue weighted by Crippen LogP contribution is -2.04. The molecule has 0 aliphatic heterocycles. The van der Waals surface area contributed by atoms with Gasteiger partial charge in [-0.25, -0.2) is 4.98 Å². The van der Waals surface area contributed by atoms with Crippen LogP contribution in [0.3, 0.4) is 0 Å². The molecule has 154 valence electrons. The van der Waals surface area contributed by atoms with Gasteiger partial charge in [0.25, 0.3) is 0 Å². The molecule has 1 atom stereocenters. The third kappa shape index (κ3) is 4.39. The van der Waals surface area contributed by atoms with E-state index in [9.17, 15) is 4.79 Å². The van der Waals surface area contributed by atoms with Crippen LogP contribution >= 0.6 is 11.3 Å². The molecular weight excluding hydrogens is 396 g/mol. The number of aryl methyl sites for hydroxylation is 1. The summed E-state index contributed by atoms with van der Waals surface area (Å²) in [4.78, 5) is 15.3. The number of benzene rings is 2. The van der Waals surface area contributed by atoms with Crippen molar-refractivity contribution in [2.45, 2.75) is 39.3 Å². The molecule has 2 heterocycles. The molecule has 2 aromatic carbocycles. The van der Waals surface area contributed by atoms with E-state index in [2.05, 4.69) is 46.3 Å². The Morgan fingerprint density at radius 2 is 2.00 bits per heavy atom. The fourth-order valence-corrected chi connectivity index (χ4v) is 4.28. The molecule has 1 N–H and O–H groups in total. The van der Waals surface area contributed by atoms with Crippen molar-refractivity contribution in [2.75, 3.05) is 0 Å². The van der Waals surface area contributed by atoms with Gasteiger partial charge in [0.05, 0.1) is 29.7 Å². The highest BCUT2D eigenvalue weighted by atomic mass is 32.1. The standard InChI is InChI=1S/C24H24N2O3S/c1-16(11-23(27)28)18-5-7-22(8-6-18)29-13-20-4-3-19-9-10-26(24(19)17(20)2)12-21-14-30-15-25-21/h3-10,14-16H,11-13H2,1-2H3,(H,27,28). The first-order valence-corrected chi connectivity index (χ1v) is 10.8. The first-order chi connectivity index (χ1) is 14.5. The van der Waals surface area contributed by atoms with E-state index in [4.69, 9.17) is 9.84 Å². The summed E-state index contributed by atoms with van der Waals surface area (Å²) in [5.41, 5.74) is 7.49. The number of carboxylic acid groups (broad SMARTS) is 1. The summed E-state index contributed by atoms with van der Waals surface area (Å²) in [6.07, 6.45) is 2.23. The Kier molecular flexibility index (Phi) is 5.86. The van der Waals surface area contributed by atoms with Crippen molar-refractivity contribution in [3.05, 3.63) is 81.9 Å². The predicted octanol–water partition coefficient (Wildman–Crippen LogP) is 5.61. The van der Waals surface area contributed by atoms with Crippen LogP contribution in [-0.2, 0) is 17.9 Å². The summed E-state index contributed by atoms with van der Waals surface area (Å²) in [5.74, 6) is -0.0291. The van der Waals surface area contributed by atoms with Gasteiger partial charge in [-0.05, 0) is 53.1 Å². The highest BCUT2D eigenvalue weighted by Gasteiger charge is 2.12. The molecule has 0 aliphatic carbocycles. The average Bonchev–Trinajstić information content (AvgIpc) is 3.38. The van der Waals surface area contributed by atoms with Gasteiger partial charge in [-0.15, -0.1) is 11.3 Å². The smallest absolute Gasteiger partial charge is 0.303 e. The van der Waals surface area contributed by atoms with Gasteiger partial charge in [0.15, 0.2) is 0 Å². The summed E-state index contributed by atoms with van der Waals surface area (Å²) in [6, 6.07) is 14.1. The Morgan fingerprint density at radius 3 is 2.70 bits per heavy atom. The third-order valence-corrected chi connectivity index (χ3v) is 6.07. The van der Waals surface area contributed by atoms with E-state index >= 15 is 0 Å². The van der Waals surface area contributed by atoms with Crippen LogP contribution in [0.5, 0.6) is 5.75 Å². The van der Waals surface area contributed by atoms with Gasteiger partial charge in [0.1, 0.15) is 12.4 Å². The largest absolute Gasteiger partial charge is 0.489 e. The normalized spacial score (nSPS) is 12.2. The molecule has 4 aromatic rings. The minimum absolute atomic E-state index is 0.0216. The molecule has 1 unspecified atom stereocenters. The summed E-state index contributed by atoms with van der Waals surface area (Å²) < 4.78 is 8.26. The van der Waals surface area contributed by atoms with E-state index in [0.29, 0.717) is 6.61 Å². The second-order valence-corrected chi connectivity index (χ2v) is 8.29. The van der Waals surface area contributed by atoms with E-state index in [-0.39, 0.29) is 12.3 Å². The van der Waals surface area contributed by atoms with Crippen LogP contribution in [0, 0.1) is 6.92 Å². The van der Waals surface area contributed by atoms with Gasteiger partial charge in [-0.1, -0.05) is 31.2 Å². The second kappa shape index (κ2) is 8.71. The van der Waals surface area contributed by atoms with E-state index in [1.165, 1.54) is 16.5 Å². The maximum absolute atomic E-state index is 10.9. The number of ether oxygens (including phenoxy) is 1. The van der Waals surface area contributed by atoms with Crippen LogP contribution in [-0.4, -0.2) is 20.6 Å². The number of hydrogen-bond donors (Lipinski definition) is 1. The molecule has 2 aromatic heterocycles. The van der Waals surface area contributed by atoms with Crippen molar-refractivity contribution in [3.8, 4) is 5.75 Å². The van der Waals surface area contributed by atoms with E-state index in [0.717, 1.165) is 29.1 Å². The predicted molar refractivity (Wildman–Crippen MR) is 119 cm³/mol. The van der Waals surface area contributed by atoms with Gasteiger partial charge < -0.3 is 14.4 Å². The van der Waals surface area contributed by atoms with Crippen molar-refractivity contribution >= 4 is 28.2 Å². The van der Waals surface area contributed by atoms with Gasteiger partial charge in [0.2, 0.25) is 0 Å². The topological polar surface area (TPSA) is 64.3 Å². The van der Waals surface area contributed by atoms with E-state index in [1.807, 2.05) is 36.7 Å². The summed E-state index contributed by atoms with van der Waals surface area (Å²) in [5, 5.41) is 12.2. The van der Waals surface area contributed by atoms with E-state index < -0.39 is 5.97 Å². The number of aliphatic carboxylic acids is 1. The molecule has 0 saturated heterocycles. The van der Waals surface area contributed by atoms with Gasteiger partial charge >= 0.3 is 5.97 Å². The molecule has 4 rings (SSSR count). The van der Waals surface area contributed by atoms with Crippen molar-refractivity contribution in [2.24, 2.45) is 0 Å². The highest BCUT2D eigenvalue weighted by molar-refractivity contribution is 7.07. The number of hydrogen-bond acceptors (Lipinski definition) is 4. The number of carboxylic acids is 1. The maximum atomic E-state index is 10.9. The van der Waals surface area contributed by atoms with Gasteiger partial charge in [-0.2, -0.15) is 0 Å². The lowest BCUT2D eigenvalue weighted by Gasteiger charge is -2.13. The van der Waals surface area contributed by atoms with E-state index in [1.54, 1.807) is 11.3 Å². The number of nitrogens with zero attached hydrogens (tertiary/aromatic N) is 2. The van der Waals surface area contributed by atoms with Crippen LogP contribution in [0.15, 0.2) is 59.6 Å². The summed E-state index contributed by atoms with van der Waals surface area (Å²) in [7, 11) is 0. The van der Waals surface area contributed by atoms with Crippen molar-refractivity contribution in [1.82, 2.24) is 9.55 Å². The molecule has 0 saturated carbocycles. The number of rotatable bonds is 8. The highest BCUT2D eigenvalue weighted by Crippen LogP contribution is 2.26. The van der Waals surface area contributed by atoms with Crippen LogP contribution < -0.4 is 4.74 Å². The summed E-state index contributed by atoms with van der Waals surface area (Å²) >= 11 is 1.61. The van der Waals surface area contributed by atoms with Crippen molar-refractivity contribution in [3.63, 3.8) is 0 Å². The zero-order chi connectivity index (χ0) is 21.1. The molecule has 6 heteroatoms. The SMILES string of the molecule is Cc1c(COc2ccc(C(C)CC(=O)O)cc2)ccc2ccn(Cc3cscn3)c12. The molecule has 0 bridgehead atoms. The number of carbonyl (C=O) groups is 1. The molecular formula is C24H24N2O3S. The van der Waals surface area contributed by atoms with Crippen LogP contribution in [0.4, 0.5) is 0 Å². The molecule has 0 fully saturated rings. The minimum Gasteiger partial charge on any atom is -0.489 e. The van der Waals surface area contributed by atoms with Crippen LogP contribution in [0.25, 0.3) is 10.9 Å². The Balaban J connectivity index is 1.49. The third-order valence-electron chi connectivity index (χ3n) is 5.44. The minimum atomic E-state index is -0.784. The molecule has 0 aliphatic rings. The summed E-state index contributed by atoms with van der Waals surface area (Å²) in [6.45, 7) is 5.29. The molecule has 30 heavy (non-hydrogen) atoms. The first kappa shape index (κ1) is 20.2. The average molecular weight is 421 g/mol. The zero-order valence-electron chi connectivity index (χ0n) is 17.0. The van der Waals surface area contributed by atoms with Crippen molar-refractivity contribution in [1.29, 1.82) is 0 Å². The quantitative estimate of drug-likeness (QED) is 0.402. The number of aromatic nitrogens is 2. The van der Waals surface area contributed by atoms with Crippen LogP contribution in [0.2, 0.25) is 0 Å². The second-order valence-electron chi connectivity index (χ2n) is 7.57. The lowest BCUT2D eigenvalue weighted by atomic mass is 9.98. The Bertz CT molecular complexity index is 1150. The molecule has 0 amide bonds. The first-order valence-electron chi connectivity index (χ1n) is 9.90. The fraction of sp³-hybridized carbons (Fsp3) is 0.250. The van der Waals surface area contributed by atoms with Crippen LogP contribution in [0.1, 0.15) is 41.6 Å². The maximum Gasteiger partial charge on any atom is 0.303 e. The van der Waals surface area contributed by atoms with Gasteiger partial charge in [-0.3, -0.25) is 4.79 Å². The molecule has 5 nitrogen and oxygen atoms in total. The fourth-order valence-electron chi connectivity index (χ4n) is 3.74. The van der Waals surface area contributed by atoms with Crippen molar-refractivity contribution < 1.29 is 14.6 Å². The zero-order valence-corrected chi connectivity index (χ0v) is 17.9. The number of thiazole rings is 1. The Labute approximate surface area is 179 Å². The number of fused-ring (bicyclic) bond motifs is 1. The van der Waals surface area contributed by atoms with Gasteiger partial charge in [0, 0.05) is 11.6 Å².